The standard InChI is InChI=1S/C28H37N3O5S2/c1-17(26(34)31-13-7-8-14-31)20-11-12-28(3)15-21-24(18(2)23(28)25(20)33)30-27(37-21)29-22(32)16-38(35,36)19-9-5-4-6-10-19/h4-6,9-10,17-18,20,23,25,33H,7-8,11-16H2,1-3H3,(H,29,30,32)/t17-,18-,20+,23+,25-,28-/m0/s1. The SMILES string of the molecule is C[C@H](C(=O)N1CCCC1)[C@H]1CC[C@@]2(C)Cc3sc(NC(=O)CS(=O)(=O)c4ccccc4)nc3[C@@H](C)[C@@H]2[C@H]1O. The van der Waals surface area contributed by atoms with Crippen LogP contribution >= 0.6 is 11.3 Å². The quantitative estimate of drug-likeness (QED) is 0.555. The fraction of sp³-hybridized carbons (Fsp3) is 0.607. The predicted molar refractivity (Wildman–Crippen MR) is 147 cm³/mol. The number of carbonyl (C=O) groups excluding carboxylic acids is 2. The van der Waals surface area contributed by atoms with Crippen molar-refractivity contribution in [3.8, 4) is 0 Å². The largest absolute Gasteiger partial charge is 0.392 e. The number of carbonyl (C=O) groups is 2. The maximum Gasteiger partial charge on any atom is 0.241 e. The average molecular weight is 560 g/mol. The molecule has 5 rings (SSSR count). The van der Waals surface area contributed by atoms with Crippen molar-refractivity contribution in [3.05, 3.63) is 40.9 Å². The van der Waals surface area contributed by atoms with E-state index >= 15 is 0 Å². The Kier molecular flexibility index (Phi) is 7.43. The number of hydrogen-bond acceptors (Lipinski definition) is 7. The number of likely N-dealkylation sites (tertiary alicyclic amines) is 1. The minimum Gasteiger partial charge on any atom is -0.392 e. The molecule has 206 valence electrons. The lowest BCUT2D eigenvalue weighted by Crippen LogP contribution is -2.53. The van der Waals surface area contributed by atoms with E-state index in [1.165, 1.54) is 23.5 Å². The van der Waals surface area contributed by atoms with Crippen molar-refractivity contribution in [1.29, 1.82) is 0 Å². The smallest absolute Gasteiger partial charge is 0.241 e. The Morgan fingerprint density at radius 2 is 1.92 bits per heavy atom. The van der Waals surface area contributed by atoms with Gasteiger partial charge in [-0.1, -0.05) is 39.0 Å². The molecule has 0 radical (unpaired) electrons. The Labute approximate surface area is 228 Å². The third-order valence-electron chi connectivity index (χ3n) is 9.04. The first-order valence-corrected chi connectivity index (χ1v) is 16.0. The highest BCUT2D eigenvalue weighted by Gasteiger charge is 2.54. The lowest BCUT2D eigenvalue weighted by Gasteiger charge is -2.53. The number of nitrogens with one attached hydrogen (secondary N) is 1. The second kappa shape index (κ2) is 10.4. The highest BCUT2D eigenvalue weighted by molar-refractivity contribution is 7.92. The third kappa shape index (κ3) is 5.02. The summed E-state index contributed by atoms with van der Waals surface area (Å²) in [5, 5.41) is 14.7. The van der Waals surface area contributed by atoms with E-state index in [4.69, 9.17) is 4.98 Å². The molecule has 10 heteroatoms. The molecule has 2 fully saturated rings. The molecule has 8 nitrogen and oxygen atoms in total. The van der Waals surface area contributed by atoms with E-state index in [0.717, 1.165) is 55.8 Å². The number of aliphatic hydroxyl groups excluding tert-OH is 1. The molecule has 1 aromatic carbocycles. The molecule has 2 heterocycles. The van der Waals surface area contributed by atoms with Gasteiger partial charge in [0.05, 0.1) is 16.7 Å². The van der Waals surface area contributed by atoms with Gasteiger partial charge in [-0.3, -0.25) is 9.59 Å². The summed E-state index contributed by atoms with van der Waals surface area (Å²) in [5.74, 6) is -1.53. The second-order valence-corrected chi connectivity index (χ2v) is 14.7. The summed E-state index contributed by atoms with van der Waals surface area (Å²) >= 11 is 1.39. The van der Waals surface area contributed by atoms with Gasteiger partial charge in [0, 0.05) is 29.8 Å². The normalized spacial score (nSPS) is 29.8. The van der Waals surface area contributed by atoms with Crippen molar-refractivity contribution in [2.75, 3.05) is 24.2 Å². The van der Waals surface area contributed by atoms with E-state index in [9.17, 15) is 23.1 Å². The van der Waals surface area contributed by atoms with E-state index < -0.39 is 27.6 Å². The first-order valence-electron chi connectivity index (χ1n) is 13.5. The van der Waals surface area contributed by atoms with Crippen molar-refractivity contribution in [2.45, 2.75) is 69.8 Å². The first-order chi connectivity index (χ1) is 18.0. The zero-order valence-corrected chi connectivity index (χ0v) is 23.9. The molecule has 6 atom stereocenters. The summed E-state index contributed by atoms with van der Waals surface area (Å²) in [5.41, 5.74) is 0.723. The Morgan fingerprint density at radius 3 is 2.61 bits per heavy atom. The van der Waals surface area contributed by atoms with Crippen LogP contribution in [-0.2, 0) is 25.8 Å². The molecule has 2 N–H and O–H groups in total. The molecule has 1 saturated carbocycles. The van der Waals surface area contributed by atoms with Crippen molar-refractivity contribution in [2.24, 2.45) is 23.2 Å². The molecule has 2 amide bonds. The number of rotatable bonds is 6. The number of thiazole rings is 1. The highest BCUT2D eigenvalue weighted by Crippen LogP contribution is 2.57. The van der Waals surface area contributed by atoms with Crippen LogP contribution < -0.4 is 5.32 Å². The van der Waals surface area contributed by atoms with E-state index in [1.54, 1.807) is 18.2 Å². The number of amides is 2. The van der Waals surface area contributed by atoms with Gasteiger partial charge in [0.25, 0.3) is 0 Å². The summed E-state index contributed by atoms with van der Waals surface area (Å²) in [6, 6.07) is 7.94. The molecule has 1 saturated heterocycles. The Morgan fingerprint density at radius 1 is 1.24 bits per heavy atom. The van der Waals surface area contributed by atoms with Gasteiger partial charge in [-0.25, -0.2) is 13.4 Å². The van der Waals surface area contributed by atoms with Gasteiger partial charge in [-0.2, -0.15) is 0 Å². The van der Waals surface area contributed by atoms with Crippen LogP contribution in [0.25, 0.3) is 0 Å². The van der Waals surface area contributed by atoms with Crippen LogP contribution in [0.3, 0.4) is 0 Å². The number of anilines is 1. The minimum atomic E-state index is -3.75. The number of fused-ring (bicyclic) bond motifs is 2. The molecule has 3 aliphatic rings. The van der Waals surface area contributed by atoms with Crippen molar-refractivity contribution >= 4 is 38.1 Å². The van der Waals surface area contributed by atoms with Gasteiger partial charge < -0.3 is 15.3 Å². The summed E-state index contributed by atoms with van der Waals surface area (Å²) in [7, 11) is -3.75. The van der Waals surface area contributed by atoms with Crippen molar-refractivity contribution < 1.29 is 23.1 Å². The van der Waals surface area contributed by atoms with E-state index in [-0.39, 0.29) is 39.9 Å². The summed E-state index contributed by atoms with van der Waals surface area (Å²) < 4.78 is 25.2. The first kappa shape index (κ1) is 27.3. The van der Waals surface area contributed by atoms with Crippen molar-refractivity contribution in [1.82, 2.24) is 9.88 Å². The fourth-order valence-corrected chi connectivity index (χ4v) is 9.48. The Balaban J connectivity index is 1.31. The van der Waals surface area contributed by atoms with E-state index in [1.807, 2.05) is 11.8 Å². The summed E-state index contributed by atoms with van der Waals surface area (Å²) in [6.45, 7) is 7.88. The van der Waals surface area contributed by atoms with Gasteiger partial charge >= 0.3 is 0 Å². The zero-order valence-electron chi connectivity index (χ0n) is 22.2. The van der Waals surface area contributed by atoms with Crippen LogP contribution in [0.15, 0.2) is 35.2 Å². The monoisotopic (exact) mass is 559 g/mol. The molecule has 0 bridgehead atoms. The minimum absolute atomic E-state index is 0.0494. The predicted octanol–water partition coefficient (Wildman–Crippen LogP) is 3.87. The van der Waals surface area contributed by atoms with Gasteiger partial charge in [-0.15, -0.1) is 11.3 Å². The molecular formula is C28H37N3O5S2. The van der Waals surface area contributed by atoms with Crippen molar-refractivity contribution in [3.63, 3.8) is 0 Å². The lowest BCUT2D eigenvalue weighted by atomic mass is 9.53. The van der Waals surface area contributed by atoms with Gasteiger partial charge in [0.1, 0.15) is 5.75 Å². The molecule has 0 unspecified atom stereocenters. The van der Waals surface area contributed by atoms with Gasteiger partial charge in [-0.05, 0) is 61.5 Å². The van der Waals surface area contributed by atoms with Crippen LogP contribution in [-0.4, -0.2) is 60.2 Å². The van der Waals surface area contributed by atoms with Crippen LogP contribution in [0.1, 0.15) is 62.9 Å². The molecule has 2 aliphatic carbocycles. The topological polar surface area (TPSA) is 117 Å². The molecule has 38 heavy (non-hydrogen) atoms. The second-order valence-electron chi connectivity index (χ2n) is 11.6. The Bertz CT molecular complexity index is 1300. The van der Waals surface area contributed by atoms with Crippen LogP contribution in [0.2, 0.25) is 0 Å². The molecule has 1 aliphatic heterocycles. The molecule has 2 aromatic rings. The van der Waals surface area contributed by atoms with Gasteiger partial charge in [0.2, 0.25) is 11.8 Å². The number of aromatic nitrogens is 1. The number of sulfone groups is 1. The van der Waals surface area contributed by atoms with Gasteiger partial charge in [0.15, 0.2) is 15.0 Å². The highest BCUT2D eigenvalue weighted by atomic mass is 32.2. The maximum absolute atomic E-state index is 13.1. The zero-order chi connectivity index (χ0) is 27.2. The number of nitrogens with zero attached hydrogens (tertiary/aromatic N) is 2. The summed E-state index contributed by atoms with van der Waals surface area (Å²) in [4.78, 5) is 33.6. The maximum atomic E-state index is 13.1. The van der Waals surface area contributed by atoms with E-state index in [2.05, 4.69) is 19.2 Å². The van der Waals surface area contributed by atoms with Crippen LogP contribution in [0.5, 0.6) is 0 Å². The Hall–Kier alpha value is -2.30. The lowest BCUT2D eigenvalue weighted by molar-refractivity contribution is -0.143. The summed E-state index contributed by atoms with van der Waals surface area (Å²) in [6.07, 6.45) is 3.94. The van der Waals surface area contributed by atoms with Crippen LogP contribution in [0.4, 0.5) is 5.13 Å². The number of hydrogen-bond donors (Lipinski definition) is 2. The number of benzene rings is 1. The third-order valence-corrected chi connectivity index (χ3v) is 11.7. The molecule has 1 aromatic heterocycles. The number of aliphatic hydroxyl groups is 1. The molecule has 0 spiro atoms. The fourth-order valence-electron chi connectivity index (χ4n) is 7.05. The molecular weight excluding hydrogens is 522 g/mol. The van der Waals surface area contributed by atoms with E-state index in [0.29, 0.717) is 5.13 Å². The average Bonchev–Trinajstić information content (AvgIpc) is 3.53. The van der Waals surface area contributed by atoms with Crippen LogP contribution in [0, 0.1) is 23.2 Å².